The zero-order chi connectivity index (χ0) is 13.7. The van der Waals surface area contributed by atoms with Crippen molar-refractivity contribution >= 4 is 33.3 Å². The number of hydrogen-bond acceptors (Lipinski definition) is 3. The Hall–Kier alpha value is -1.81. The van der Waals surface area contributed by atoms with Crippen LogP contribution in [0, 0.1) is 0 Å². The molecule has 0 aliphatic rings. The highest BCUT2D eigenvalue weighted by Gasteiger charge is 2.05. The van der Waals surface area contributed by atoms with Crippen LogP contribution in [0.4, 0.5) is 11.4 Å². The first-order valence-corrected chi connectivity index (χ1v) is 6.78. The number of carbonyl (C=O) groups is 1. The molecule has 3 nitrogen and oxygen atoms in total. The van der Waals surface area contributed by atoms with Crippen molar-refractivity contribution in [3.63, 3.8) is 0 Å². The third-order valence-corrected chi connectivity index (χ3v) is 3.06. The number of ether oxygens (including phenoxy) is 1. The number of benzene rings is 2. The van der Waals surface area contributed by atoms with Crippen molar-refractivity contribution in [2.45, 2.75) is 6.92 Å². The topological polar surface area (TPSA) is 38.3 Å². The van der Waals surface area contributed by atoms with Crippen molar-refractivity contribution in [1.82, 2.24) is 0 Å². The van der Waals surface area contributed by atoms with Gasteiger partial charge in [0.2, 0.25) is 0 Å². The lowest BCUT2D eigenvalue weighted by molar-refractivity contribution is 0.0526. The predicted octanol–water partition coefficient (Wildman–Crippen LogP) is 4.37. The molecule has 0 radical (unpaired) electrons. The Labute approximate surface area is 120 Å². The Kier molecular flexibility index (Phi) is 4.58. The van der Waals surface area contributed by atoms with Crippen LogP contribution < -0.4 is 5.32 Å². The largest absolute Gasteiger partial charge is 0.462 e. The second-order valence-corrected chi connectivity index (χ2v) is 4.85. The minimum Gasteiger partial charge on any atom is -0.462 e. The molecule has 0 heterocycles. The summed E-state index contributed by atoms with van der Waals surface area (Å²) in [5.41, 5.74) is 2.48. The Bertz CT molecular complexity index is 549. The summed E-state index contributed by atoms with van der Waals surface area (Å²) in [5.74, 6) is -0.294. The van der Waals surface area contributed by atoms with Crippen LogP contribution in [-0.2, 0) is 4.74 Å². The highest BCUT2D eigenvalue weighted by molar-refractivity contribution is 9.10. The van der Waals surface area contributed by atoms with E-state index in [-0.39, 0.29) is 5.97 Å². The van der Waals surface area contributed by atoms with Gasteiger partial charge in [-0.25, -0.2) is 4.79 Å². The Morgan fingerprint density at radius 1 is 1.05 bits per heavy atom. The lowest BCUT2D eigenvalue weighted by Crippen LogP contribution is -2.04. The molecule has 0 unspecified atom stereocenters. The lowest BCUT2D eigenvalue weighted by Gasteiger charge is -2.07. The van der Waals surface area contributed by atoms with Crippen molar-refractivity contribution in [3.8, 4) is 0 Å². The zero-order valence-corrected chi connectivity index (χ0v) is 12.1. The number of halogens is 1. The molecule has 0 fully saturated rings. The maximum atomic E-state index is 11.5. The maximum absolute atomic E-state index is 11.5. The fraction of sp³-hybridized carbons (Fsp3) is 0.133. The van der Waals surface area contributed by atoms with Crippen LogP contribution in [-0.4, -0.2) is 12.6 Å². The number of nitrogens with one attached hydrogen (secondary N) is 1. The van der Waals surface area contributed by atoms with E-state index in [2.05, 4.69) is 21.2 Å². The number of anilines is 2. The van der Waals surface area contributed by atoms with Crippen molar-refractivity contribution in [2.24, 2.45) is 0 Å². The van der Waals surface area contributed by atoms with Crippen molar-refractivity contribution in [2.75, 3.05) is 11.9 Å². The molecule has 0 atom stereocenters. The molecule has 19 heavy (non-hydrogen) atoms. The van der Waals surface area contributed by atoms with Crippen molar-refractivity contribution < 1.29 is 9.53 Å². The molecule has 0 amide bonds. The van der Waals surface area contributed by atoms with Gasteiger partial charge in [0.15, 0.2) is 0 Å². The molecule has 0 aromatic heterocycles. The fourth-order valence-electron chi connectivity index (χ4n) is 1.60. The summed E-state index contributed by atoms with van der Waals surface area (Å²) >= 11 is 3.39. The first-order chi connectivity index (χ1) is 9.19. The minimum absolute atomic E-state index is 0.294. The summed E-state index contributed by atoms with van der Waals surface area (Å²) in [4.78, 5) is 11.5. The Balaban J connectivity index is 2.06. The van der Waals surface area contributed by atoms with E-state index in [9.17, 15) is 4.79 Å². The zero-order valence-electron chi connectivity index (χ0n) is 10.5. The van der Waals surface area contributed by atoms with Crippen molar-refractivity contribution in [3.05, 3.63) is 58.6 Å². The van der Waals surface area contributed by atoms with E-state index in [1.165, 1.54) is 0 Å². The molecule has 4 heteroatoms. The van der Waals surface area contributed by atoms with E-state index >= 15 is 0 Å². The summed E-state index contributed by atoms with van der Waals surface area (Å²) in [7, 11) is 0. The molecular formula is C15H14BrNO2. The molecule has 2 rings (SSSR count). The van der Waals surface area contributed by atoms with Crippen LogP contribution in [0.3, 0.4) is 0 Å². The number of hydrogen-bond donors (Lipinski definition) is 1. The summed E-state index contributed by atoms with van der Waals surface area (Å²) in [5, 5.41) is 3.26. The normalized spacial score (nSPS) is 10.0. The number of esters is 1. The van der Waals surface area contributed by atoms with Crippen LogP contribution in [0.5, 0.6) is 0 Å². The molecule has 0 saturated heterocycles. The SMILES string of the molecule is CCOC(=O)c1ccc(Nc2ccc(Br)cc2)cc1. The van der Waals surface area contributed by atoms with E-state index in [0.29, 0.717) is 12.2 Å². The molecule has 0 saturated carbocycles. The van der Waals surface area contributed by atoms with Crippen LogP contribution in [0.15, 0.2) is 53.0 Å². The number of carbonyl (C=O) groups excluding carboxylic acids is 1. The molecule has 0 bridgehead atoms. The molecule has 0 aliphatic carbocycles. The predicted molar refractivity (Wildman–Crippen MR) is 79.8 cm³/mol. The smallest absolute Gasteiger partial charge is 0.338 e. The second-order valence-electron chi connectivity index (χ2n) is 3.93. The highest BCUT2D eigenvalue weighted by atomic mass is 79.9. The molecule has 0 aliphatic heterocycles. The summed E-state index contributed by atoms with van der Waals surface area (Å²) in [6.45, 7) is 2.18. The van der Waals surface area contributed by atoms with Crippen LogP contribution in [0.25, 0.3) is 0 Å². The Morgan fingerprint density at radius 2 is 1.58 bits per heavy atom. The van der Waals surface area contributed by atoms with Gasteiger partial charge in [0.05, 0.1) is 12.2 Å². The molecule has 2 aromatic carbocycles. The Morgan fingerprint density at radius 3 is 2.11 bits per heavy atom. The van der Waals surface area contributed by atoms with E-state index < -0.39 is 0 Å². The van der Waals surface area contributed by atoms with Gasteiger partial charge in [0.25, 0.3) is 0 Å². The van der Waals surface area contributed by atoms with Crippen LogP contribution in [0.2, 0.25) is 0 Å². The van der Waals surface area contributed by atoms with Gasteiger partial charge in [-0.1, -0.05) is 15.9 Å². The van der Waals surface area contributed by atoms with Gasteiger partial charge in [-0.3, -0.25) is 0 Å². The van der Waals surface area contributed by atoms with Gasteiger partial charge < -0.3 is 10.1 Å². The van der Waals surface area contributed by atoms with Crippen LogP contribution >= 0.6 is 15.9 Å². The molecule has 2 aromatic rings. The first-order valence-electron chi connectivity index (χ1n) is 5.99. The average Bonchev–Trinajstić information content (AvgIpc) is 2.42. The first kappa shape index (κ1) is 13.6. The summed E-state index contributed by atoms with van der Waals surface area (Å²) < 4.78 is 5.97. The third-order valence-electron chi connectivity index (χ3n) is 2.53. The van der Waals surface area contributed by atoms with Gasteiger partial charge in [-0.2, -0.15) is 0 Å². The lowest BCUT2D eigenvalue weighted by atomic mass is 10.2. The van der Waals surface area contributed by atoms with Gasteiger partial charge in [0, 0.05) is 15.8 Å². The monoisotopic (exact) mass is 319 g/mol. The van der Waals surface area contributed by atoms with Gasteiger partial charge >= 0.3 is 5.97 Å². The molecular weight excluding hydrogens is 306 g/mol. The molecule has 98 valence electrons. The van der Waals surface area contributed by atoms with Crippen LogP contribution in [0.1, 0.15) is 17.3 Å². The quantitative estimate of drug-likeness (QED) is 0.850. The summed E-state index contributed by atoms with van der Waals surface area (Å²) in [6.07, 6.45) is 0. The standard InChI is InChI=1S/C15H14BrNO2/c1-2-19-15(18)11-3-7-13(8-4-11)17-14-9-5-12(16)6-10-14/h3-10,17H,2H2,1H3. The number of rotatable bonds is 4. The van der Waals surface area contributed by atoms with E-state index in [0.717, 1.165) is 15.8 Å². The molecule has 1 N–H and O–H groups in total. The van der Waals surface area contributed by atoms with Gasteiger partial charge in [-0.05, 0) is 55.5 Å². The van der Waals surface area contributed by atoms with E-state index in [1.807, 2.05) is 36.4 Å². The average molecular weight is 320 g/mol. The maximum Gasteiger partial charge on any atom is 0.338 e. The van der Waals surface area contributed by atoms with Crippen molar-refractivity contribution in [1.29, 1.82) is 0 Å². The highest BCUT2D eigenvalue weighted by Crippen LogP contribution is 2.19. The molecule has 0 spiro atoms. The fourth-order valence-corrected chi connectivity index (χ4v) is 1.87. The second kappa shape index (κ2) is 6.38. The van der Waals surface area contributed by atoms with E-state index in [4.69, 9.17) is 4.74 Å². The minimum atomic E-state index is -0.294. The third kappa shape index (κ3) is 3.83. The summed E-state index contributed by atoms with van der Waals surface area (Å²) in [6, 6.07) is 15.1. The van der Waals surface area contributed by atoms with Gasteiger partial charge in [-0.15, -0.1) is 0 Å². The van der Waals surface area contributed by atoms with Gasteiger partial charge in [0.1, 0.15) is 0 Å². The van der Waals surface area contributed by atoms with E-state index in [1.54, 1.807) is 19.1 Å².